The van der Waals surface area contributed by atoms with Crippen LogP contribution in [0.2, 0.25) is 0 Å². The van der Waals surface area contributed by atoms with Gasteiger partial charge in [0.05, 0.1) is 12.2 Å². The maximum Gasteiger partial charge on any atom is 0.247 e. The summed E-state index contributed by atoms with van der Waals surface area (Å²) in [4.78, 5) is 4.03. The SMILES string of the molecule is C[C@@H]1CN(S(=O)(=O)c2cc(Br)cnc2NN)C[C@H](C)O1. The summed E-state index contributed by atoms with van der Waals surface area (Å²) in [5, 5.41) is 0. The molecule has 2 heterocycles. The van der Waals surface area contributed by atoms with E-state index in [1.165, 1.54) is 16.6 Å². The zero-order valence-corrected chi connectivity index (χ0v) is 13.6. The van der Waals surface area contributed by atoms with Gasteiger partial charge in [-0.15, -0.1) is 0 Å². The molecule has 0 aromatic carbocycles. The molecule has 1 aromatic rings. The number of rotatable bonds is 3. The van der Waals surface area contributed by atoms with Crippen molar-refractivity contribution in [1.82, 2.24) is 9.29 Å². The number of aromatic nitrogens is 1. The van der Waals surface area contributed by atoms with Gasteiger partial charge in [-0.2, -0.15) is 4.31 Å². The Morgan fingerprint density at radius 1 is 1.45 bits per heavy atom. The summed E-state index contributed by atoms with van der Waals surface area (Å²) < 4.78 is 33.0. The molecule has 1 aliphatic rings. The second-order valence-corrected chi connectivity index (χ2v) is 7.55. The number of nitrogens with two attached hydrogens (primary N) is 1. The minimum Gasteiger partial charge on any atom is -0.373 e. The van der Waals surface area contributed by atoms with Crippen molar-refractivity contribution in [2.75, 3.05) is 18.5 Å². The first-order valence-corrected chi connectivity index (χ1v) is 8.35. The van der Waals surface area contributed by atoms with Gasteiger partial charge in [0.15, 0.2) is 5.82 Å². The number of pyridine rings is 1. The van der Waals surface area contributed by atoms with Crippen LogP contribution in [-0.2, 0) is 14.8 Å². The number of hydrazine groups is 1. The molecule has 2 atom stereocenters. The fourth-order valence-electron chi connectivity index (χ4n) is 2.19. The van der Waals surface area contributed by atoms with E-state index in [-0.39, 0.29) is 22.9 Å². The molecule has 0 radical (unpaired) electrons. The van der Waals surface area contributed by atoms with Crippen molar-refractivity contribution in [3.8, 4) is 0 Å². The van der Waals surface area contributed by atoms with Gasteiger partial charge in [0, 0.05) is 23.8 Å². The molecule has 2 rings (SSSR count). The molecule has 0 saturated carbocycles. The largest absolute Gasteiger partial charge is 0.373 e. The highest BCUT2D eigenvalue weighted by molar-refractivity contribution is 9.10. The van der Waals surface area contributed by atoms with E-state index in [1.807, 2.05) is 13.8 Å². The van der Waals surface area contributed by atoms with Crippen LogP contribution in [0.15, 0.2) is 21.6 Å². The predicted molar refractivity (Wildman–Crippen MR) is 78.5 cm³/mol. The molecule has 20 heavy (non-hydrogen) atoms. The molecule has 0 aliphatic carbocycles. The van der Waals surface area contributed by atoms with Gasteiger partial charge >= 0.3 is 0 Å². The van der Waals surface area contributed by atoms with E-state index in [9.17, 15) is 8.42 Å². The van der Waals surface area contributed by atoms with Crippen molar-refractivity contribution in [1.29, 1.82) is 0 Å². The average Bonchev–Trinajstić information content (AvgIpc) is 2.37. The Balaban J connectivity index is 2.42. The Morgan fingerprint density at radius 2 is 2.05 bits per heavy atom. The summed E-state index contributed by atoms with van der Waals surface area (Å²) in [7, 11) is -3.67. The Labute approximate surface area is 126 Å². The van der Waals surface area contributed by atoms with Crippen LogP contribution in [-0.4, -0.2) is 43.0 Å². The topological polar surface area (TPSA) is 97.6 Å². The van der Waals surface area contributed by atoms with Gasteiger partial charge in [0.25, 0.3) is 0 Å². The van der Waals surface area contributed by atoms with Crippen molar-refractivity contribution in [2.24, 2.45) is 5.84 Å². The molecule has 3 N–H and O–H groups in total. The average molecular weight is 365 g/mol. The summed E-state index contributed by atoms with van der Waals surface area (Å²) in [6.45, 7) is 4.31. The van der Waals surface area contributed by atoms with Crippen LogP contribution in [0.25, 0.3) is 0 Å². The van der Waals surface area contributed by atoms with Crippen LogP contribution in [0.4, 0.5) is 5.82 Å². The molecule has 7 nitrogen and oxygen atoms in total. The quantitative estimate of drug-likeness (QED) is 0.611. The second-order valence-electron chi connectivity index (χ2n) is 4.72. The third kappa shape index (κ3) is 3.12. The highest BCUT2D eigenvalue weighted by atomic mass is 79.9. The fraction of sp³-hybridized carbons (Fsp3) is 0.545. The minimum atomic E-state index is -3.67. The number of ether oxygens (including phenoxy) is 1. The minimum absolute atomic E-state index is 0.0516. The lowest BCUT2D eigenvalue weighted by molar-refractivity contribution is -0.0440. The number of nitrogens with zero attached hydrogens (tertiary/aromatic N) is 2. The predicted octanol–water partition coefficient (Wildman–Crippen LogP) is 0.928. The summed E-state index contributed by atoms with van der Waals surface area (Å²) in [5.41, 5.74) is 2.32. The zero-order valence-electron chi connectivity index (χ0n) is 11.2. The molecule has 9 heteroatoms. The molecule has 1 saturated heterocycles. The Kier molecular flexibility index (Phi) is 4.65. The van der Waals surface area contributed by atoms with Gasteiger partial charge in [-0.25, -0.2) is 19.2 Å². The summed E-state index contributed by atoms with van der Waals surface area (Å²) in [5.74, 6) is 5.47. The van der Waals surface area contributed by atoms with E-state index in [4.69, 9.17) is 10.6 Å². The van der Waals surface area contributed by atoms with Gasteiger partial charge in [-0.3, -0.25) is 0 Å². The zero-order chi connectivity index (χ0) is 14.9. The van der Waals surface area contributed by atoms with Crippen LogP contribution >= 0.6 is 15.9 Å². The van der Waals surface area contributed by atoms with E-state index < -0.39 is 10.0 Å². The van der Waals surface area contributed by atoms with Gasteiger partial charge in [-0.1, -0.05) is 0 Å². The van der Waals surface area contributed by atoms with E-state index in [0.717, 1.165) is 0 Å². The molecule has 0 amide bonds. The highest BCUT2D eigenvalue weighted by Crippen LogP contribution is 2.27. The molecule has 0 spiro atoms. The Hall–Kier alpha value is -0.740. The third-order valence-corrected chi connectivity index (χ3v) is 5.24. The van der Waals surface area contributed by atoms with Gasteiger partial charge in [0.2, 0.25) is 10.0 Å². The molecule has 0 bridgehead atoms. The summed E-state index contributed by atoms with van der Waals surface area (Å²) in [6.07, 6.45) is 1.18. The number of morpholine rings is 1. The van der Waals surface area contributed by atoms with Crippen molar-refractivity contribution >= 4 is 31.8 Å². The highest BCUT2D eigenvalue weighted by Gasteiger charge is 2.34. The fourth-order valence-corrected chi connectivity index (χ4v) is 4.40. The van der Waals surface area contributed by atoms with Gasteiger partial charge in [0.1, 0.15) is 4.90 Å². The van der Waals surface area contributed by atoms with Crippen LogP contribution in [0.3, 0.4) is 0 Å². The first kappa shape index (κ1) is 15.6. The lowest BCUT2D eigenvalue weighted by atomic mass is 10.3. The van der Waals surface area contributed by atoms with E-state index >= 15 is 0 Å². The van der Waals surface area contributed by atoms with Crippen molar-refractivity contribution < 1.29 is 13.2 Å². The molecule has 1 fully saturated rings. The summed E-state index contributed by atoms with van der Waals surface area (Å²) in [6, 6.07) is 1.49. The maximum absolute atomic E-state index is 12.7. The van der Waals surface area contributed by atoms with Crippen molar-refractivity contribution in [3.05, 3.63) is 16.7 Å². The Bertz CT molecular complexity index is 585. The molecule has 1 aliphatic heterocycles. The second kappa shape index (κ2) is 5.94. The number of sulfonamides is 1. The first-order chi connectivity index (χ1) is 9.34. The van der Waals surface area contributed by atoms with Crippen molar-refractivity contribution in [2.45, 2.75) is 31.0 Å². The maximum atomic E-state index is 12.7. The number of nitrogens with one attached hydrogen (secondary N) is 1. The number of hydrogen-bond donors (Lipinski definition) is 2. The third-order valence-electron chi connectivity index (χ3n) is 2.96. The number of anilines is 1. The van der Waals surface area contributed by atoms with E-state index in [2.05, 4.69) is 26.3 Å². The molecular formula is C11H17BrN4O3S. The molecular weight excluding hydrogens is 348 g/mol. The first-order valence-electron chi connectivity index (χ1n) is 6.12. The lowest BCUT2D eigenvalue weighted by Crippen LogP contribution is -2.48. The molecule has 112 valence electrons. The smallest absolute Gasteiger partial charge is 0.247 e. The summed E-state index contributed by atoms with van der Waals surface area (Å²) >= 11 is 3.23. The van der Waals surface area contributed by atoms with Crippen LogP contribution in [0, 0.1) is 0 Å². The molecule has 1 aromatic heterocycles. The number of halogens is 1. The van der Waals surface area contributed by atoms with Crippen molar-refractivity contribution in [3.63, 3.8) is 0 Å². The van der Waals surface area contributed by atoms with Gasteiger partial charge in [-0.05, 0) is 35.8 Å². The van der Waals surface area contributed by atoms with Crippen LogP contribution in [0.1, 0.15) is 13.8 Å². The monoisotopic (exact) mass is 364 g/mol. The van der Waals surface area contributed by atoms with E-state index in [1.54, 1.807) is 0 Å². The number of hydrogen-bond acceptors (Lipinski definition) is 6. The van der Waals surface area contributed by atoms with E-state index in [0.29, 0.717) is 17.6 Å². The van der Waals surface area contributed by atoms with Crippen LogP contribution < -0.4 is 11.3 Å². The Morgan fingerprint density at radius 3 is 2.60 bits per heavy atom. The molecule has 0 unspecified atom stereocenters. The standard InChI is InChI=1S/C11H17BrN4O3S/c1-7-5-16(6-8(2)19-7)20(17,18)10-3-9(12)4-14-11(10)15-13/h3-4,7-8H,5-6,13H2,1-2H3,(H,14,15)/t7-,8+. The number of nitrogen functional groups attached to an aromatic ring is 1. The normalized spacial score (nSPS) is 24.6. The van der Waals surface area contributed by atoms with Crippen LogP contribution in [0.5, 0.6) is 0 Å². The van der Waals surface area contributed by atoms with Gasteiger partial charge < -0.3 is 10.2 Å². The lowest BCUT2D eigenvalue weighted by Gasteiger charge is -2.34.